The third-order valence-electron chi connectivity index (χ3n) is 4.00. The molecule has 1 saturated heterocycles. The molecule has 1 unspecified atom stereocenters. The van der Waals surface area contributed by atoms with Crippen molar-refractivity contribution in [2.75, 3.05) is 0 Å². The second kappa shape index (κ2) is 7.57. The second-order valence-electron chi connectivity index (χ2n) is 5.98. The number of aryl methyl sites for hydroxylation is 1. The number of carbonyl (C=O) groups excluding carboxylic acids is 2. The maximum absolute atomic E-state index is 12.0. The van der Waals surface area contributed by atoms with Crippen molar-refractivity contribution in [1.82, 2.24) is 9.55 Å². The Morgan fingerprint density at radius 2 is 2.08 bits per heavy atom. The summed E-state index contributed by atoms with van der Waals surface area (Å²) in [6.07, 6.45) is 1.11. The Hall–Kier alpha value is -2.22. The van der Waals surface area contributed by atoms with E-state index in [9.17, 15) is 19.2 Å². The number of carbonyl (C=O) groups is 2. The molecule has 0 bridgehead atoms. The molecule has 24 heavy (non-hydrogen) atoms. The first kappa shape index (κ1) is 18.1. The molecular weight excluding hydrogens is 316 g/mol. The summed E-state index contributed by atoms with van der Waals surface area (Å²) < 4.78 is 12.5. The highest BCUT2D eigenvalue weighted by molar-refractivity contribution is 5.81. The number of aromatic nitrogens is 2. The van der Waals surface area contributed by atoms with E-state index in [4.69, 9.17) is 9.47 Å². The van der Waals surface area contributed by atoms with Crippen molar-refractivity contribution in [1.29, 1.82) is 0 Å². The largest absolute Gasteiger partial charge is 0.459 e. The molecule has 8 nitrogen and oxygen atoms in total. The van der Waals surface area contributed by atoms with E-state index in [-0.39, 0.29) is 24.7 Å². The van der Waals surface area contributed by atoms with Crippen LogP contribution in [0.4, 0.5) is 0 Å². The quantitative estimate of drug-likeness (QED) is 0.770. The molecule has 1 aliphatic rings. The molecule has 8 heteroatoms. The highest BCUT2D eigenvalue weighted by Gasteiger charge is 2.38. The maximum Gasteiger partial charge on any atom is 0.330 e. The lowest BCUT2D eigenvalue weighted by molar-refractivity contribution is -0.152. The van der Waals surface area contributed by atoms with Gasteiger partial charge in [0.1, 0.15) is 18.1 Å². The molecule has 1 aliphatic heterocycles. The summed E-state index contributed by atoms with van der Waals surface area (Å²) in [5.74, 6) is -0.530. The number of Topliss-reactive ketones (excluding diaryl/α,β-unsaturated/α-hetero) is 1. The van der Waals surface area contributed by atoms with Crippen LogP contribution in [0.25, 0.3) is 0 Å². The van der Waals surface area contributed by atoms with Gasteiger partial charge in [0.15, 0.2) is 0 Å². The first-order chi connectivity index (χ1) is 11.3. The standard InChI is InChI=1S/C16H22N2O6/c1-4-11-12(24-14(20)6-5-10(3)19)7-13(23-11)18-8-9(2)15(21)17-16(18)22/h8,11-13H,4-7H2,1-3H3,(H,17,21,22)/t11-,12?,13-/m1/s1. The topological polar surface area (TPSA) is 107 Å². The molecule has 1 aromatic rings. The molecule has 0 aromatic carbocycles. The number of ketones is 1. The molecule has 0 radical (unpaired) electrons. The van der Waals surface area contributed by atoms with Crippen LogP contribution in [-0.2, 0) is 19.1 Å². The van der Waals surface area contributed by atoms with Gasteiger partial charge in [-0.3, -0.25) is 19.1 Å². The van der Waals surface area contributed by atoms with Crippen LogP contribution >= 0.6 is 0 Å². The molecule has 132 valence electrons. The smallest absolute Gasteiger partial charge is 0.330 e. The van der Waals surface area contributed by atoms with E-state index in [0.717, 1.165) is 0 Å². The fourth-order valence-electron chi connectivity index (χ4n) is 2.66. The van der Waals surface area contributed by atoms with Crippen LogP contribution in [0.2, 0.25) is 0 Å². The Kier molecular flexibility index (Phi) is 5.71. The molecule has 2 rings (SSSR count). The average molecular weight is 338 g/mol. The molecule has 1 N–H and O–H groups in total. The Balaban J connectivity index is 2.10. The second-order valence-corrected chi connectivity index (χ2v) is 5.98. The van der Waals surface area contributed by atoms with E-state index in [1.54, 1.807) is 6.92 Å². The van der Waals surface area contributed by atoms with Gasteiger partial charge in [-0.1, -0.05) is 6.92 Å². The van der Waals surface area contributed by atoms with E-state index in [0.29, 0.717) is 18.4 Å². The van der Waals surface area contributed by atoms with Gasteiger partial charge in [-0.25, -0.2) is 4.79 Å². The Labute approximate surface area is 138 Å². The molecule has 0 amide bonds. The Morgan fingerprint density at radius 3 is 2.71 bits per heavy atom. The summed E-state index contributed by atoms with van der Waals surface area (Å²) in [7, 11) is 0. The lowest BCUT2D eigenvalue weighted by atomic mass is 10.1. The van der Waals surface area contributed by atoms with Gasteiger partial charge in [0.25, 0.3) is 5.56 Å². The summed E-state index contributed by atoms with van der Waals surface area (Å²) in [5, 5.41) is 0. The average Bonchev–Trinajstić information content (AvgIpc) is 2.91. The Morgan fingerprint density at radius 1 is 1.38 bits per heavy atom. The maximum atomic E-state index is 12.0. The van der Waals surface area contributed by atoms with Crippen LogP contribution in [0.1, 0.15) is 51.3 Å². The molecule has 0 spiro atoms. The first-order valence-corrected chi connectivity index (χ1v) is 7.98. The minimum atomic E-state index is -0.608. The number of hydrogen-bond donors (Lipinski definition) is 1. The molecule has 2 heterocycles. The minimum absolute atomic E-state index is 0.0324. The highest BCUT2D eigenvalue weighted by atomic mass is 16.6. The van der Waals surface area contributed by atoms with Gasteiger partial charge in [-0.05, 0) is 20.3 Å². The zero-order valence-electron chi connectivity index (χ0n) is 14.0. The van der Waals surface area contributed by atoms with Crippen LogP contribution in [0.15, 0.2) is 15.8 Å². The van der Waals surface area contributed by atoms with Gasteiger partial charge in [0.05, 0.1) is 12.5 Å². The SMILES string of the molecule is CC[C@H]1O[C@@H](n2cc(C)c(=O)[nH]c2=O)CC1OC(=O)CCC(C)=O. The number of esters is 1. The summed E-state index contributed by atoms with van der Waals surface area (Å²) in [5.41, 5.74) is -0.601. The monoisotopic (exact) mass is 338 g/mol. The third kappa shape index (κ3) is 4.19. The van der Waals surface area contributed by atoms with Gasteiger partial charge >= 0.3 is 11.7 Å². The molecule has 3 atom stereocenters. The molecule has 0 saturated carbocycles. The van der Waals surface area contributed by atoms with Crippen LogP contribution in [0.3, 0.4) is 0 Å². The van der Waals surface area contributed by atoms with Crippen molar-refractivity contribution in [2.45, 2.75) is 64.9 Å². The van der Waals surface area contributed by atoms with Crippen LogP contribution in [0.5, 0.6) is 0 Å². The van der Waals surface area contributed by atoms with E-state index in [2.05, 4.69) is 4.98 Å². The van der Waals surface area contributed by atoms with Crippen LogP contribution in [0, 0.1) is 6.92 Å². The Bertz CT molecular complexity index is 735. The molecule has 1 aromatic heterocycles. The van der Waals surface area contributed by atoms with E-state index < -0.39 is 29.6 Å². The number of H-pyrrole nitrogens is 1. The number of nitrogens with zero attached hydrogens (tertiary/aromatic N) is 1. The summed E-state index contributed by atoms with van der Waals surface area (Å²) in [6, 6.07) is 0. The van der Waals surface area contributed by atoms with E-state index >= 15 is 0 Å². The zero-order chi connectivity index (χ0) is 17.9. The van der Waals surface area contributed by atoms with Gasteiger partial charge < -0.3 is 14.3 Å². The molecular formula is C16H22N2O6. The van der Waals surface area contributed by atoms with Gasteiger partial charge in [0, 0.05) is 24.6 Å². The summed E-state index contributed by atoms with van der Waals surface area (Å²) in [4.78, 5) is 48.4. The normalized spacial score (nSPS) is 23.2. The highest BCUT2D eigenvalue weighted by Crippen LogP contribution is 2.31. The number of rotatable bonds is 6. The van der Waals surface area contributed by atoms with Crippen molar-refractivity contribution in [2.24, 2.45) is 0 Å². The third-order valence-corrected chi connectivity index (χ3v) is 4.00. The van der Waals surface area contributed by atoms with Crippen molar-refractivity contribution in [3.05, 3.63) is 32.6 Å². The van der Waals surface area contributed by atoms with Crippen molar-refractivity contribution in [3.63, 3.8) is 0 Å². The minimum Gasteiger partial charge on any atom is -0.459 e. The summed E-state index contributed by atoms with van der Waals surface area (Å²) in [6.45, 7) is 4.91. The van der Waals surface area contributed by atoms with Crippen molar-refractivity contribution >= 4 is 11.8 Å². The number of hydrogen-bond acceptors (Lipinski definition) is 6. The fourth-order valence-corrected chi connectivity index (χ4v) is 2.66. The number of nitrogens with one attached hydrogen (secondary N) is 1. The molecule has 1 fully saturated rings. The number of aromatic amines is 1. The van der Waals surface area contributed by atoms with Crippen LogP contribution < -0.4 is 11.2 Å². The van der Waals surface area contributed by atoms with Gasteiger partial charge in [-0.15, -0.1) is 0 Å². The van der Waals surface area contributed by atoms with Crippen molar-refractivity contribution in [3.8, 4) is 0 Å². The zero-order valence-corrected chi connectivity index (χ0v) is 14.0. The van der Waals surface area contributed by atoms with E-state index in [1.165, 1.54) is 17.7 Å². The number of ether oxygens (including phenoxy) is 2. The van der Waals surface area contributed by atoms with E-state index in [1.807, 2.05) is 6.92 Å². The fraction of sp³-hybridized carbons (Fsp3) is 0.625. The molecule has 0 aliphatic carbocycles. The van der Waals surface area contributed by atoms with Crippen molar-refractivity contribution < 1.29 is 19.1 Å². The predicted molar refractivity (Wildman–Crippen MR) is 84.7 cm³/mol. The first-order valence-electron chi connectivity index (χ1n) is 7.98. The summed E-state index contributed by atoms with van der Waals surface area (Å²) >= 11 is 0. The van der Waals surface area contributed by atoms with Gasteiger partial charge in [-0.2, -0.15) is 0 Å². The lowest BCUT2D eigenvalue weighted by Gasteiger charge is -2.17. The predicted octanol–water partition coefficient (Wildman–Crippen LogP) is 0.824. The van der Waals surface area contributed by atoms with Crippen LogP contribution in [-0.4, -0.2) is 33.5 Å². The lowest BCUT2D eigenvalue weighted by Crippen LogP contribution is -2.33. The van der Waals surface area contributed by atoms with Gasteiger partial charge in [0.2, 0.25) is 0 Å².